The number of hydrogen-bond donors (Lipinski definition) is 0. The van der Waals surface area contributed by atoms with Crippen molar-refractivity contribution in [3.8, 4) is 5.75 Å². The molecule has 2 aliphatic rings. The van der Waals surface area contributed by atoms with Crippen molar-refractivity contribution in [3.05, 3.63) is 53.6 Å². The van der Waals surface area contributed by atoms with Crippen molar-refractivity contribution in [3.63, 3.8) is 0 Å². The van der Waals surface area contributed by atoms with Crippen molar-refractivity contribution in [1.82, 2.24) is 18.5 Å². The molecule has 0 unspecified atom stereocenters. The predicted molar refractivity (Wildman–Crippen MR) is 123 cm³/mol. The maximum Gasteiger partial charge on any atom is 0.253 e. The van der Waals surface area contributed by atoms with Crippen LogP contribution in [-0.2, 0) is 6.54 Å². The topological polar surface area (TPSA) is 58.6 Å². The van der Waals surface area contributed by atoms with Gasteiger partial charge in [0.1, 0.15) is 22.9 Å². The Morgan fingerprint density at radius 2 is 1.68 bits per heavy atom. The Hall–Kier alpha value is -2.51. The molecule has 0 aliphatic carbocycles. The standard InChI is InChI=1S/C24H28N4O2S/c29-24(28-12-2-1-3-13-28)19-5-7-20(8-6-19)30-21-10-14-27(15-11-21)17-18-4-9-22-23(16-18)26-31-25-22/h4-9,16,21H,1-3,10-15,17H2. The zero-order valence-electron chi connectivity index (χ0n) is 17.7. The molecule has 0 atom stereocenters. The molecule has 3 aromatic rings. The number of carbonyl (C=O) groups excluding carboxylic acids is 1. The Morgan fingerprint density at radius 1 is 0.935 bits per heavy atom. The predicted octanol–water partition coefficient (Wildman–Crippen LogP) is 4.36. The minimum absolute atomic E-state index is 0.145. The zero-order valence-corrected chi connectivity index (χ0v) is 18.5. The second-order valence-electron chi connectivity index (χ2n) is 8.56. The van der Waals surface area contributed by atoms with Gasteiger partial charge in [-0.1, -0.05) is 6.07 Å². The molecule has 162 valence electrons. The first kappa shape index (κ1) is 20.4. The van der Waals surface area contributed by atoms with Crippen molar-refractivity contribution in [2.75, 3.05) is 26.2 Å². The molecule has 2 aromatic carbocycles. The highest BCUT2D eigenvalue weighted by atomic mass is 32.1. The molecule has 0 spiro atoms. The van der Waals surface area contributed by atoms with E-state index < -0.39 is 0 Å². The summed E-state index contributed by atoms with van der Waals surface area (Å²) >= 11 is 1.27. The fraction of sp³-hybridized carbons (Fsp3) is 0.458. The lowest BCUT2D eigenvalue weighted by atomic mass is 10.1. The van der Waals surface area contributed by atoms with Gasteiger partial charge >= 0.3 is 0 Å². The van der Waals surface area contributed by atoms with Crippen LogP contribution in [0.3, 0.4) is 0 Å². The van der Waals surface area contributed by atoms with Crippen molar-refractivity contribution < 1.29 is 9.53 Å². The Morgan fingerprint density at radius 3 is 2.45 bits per heavy atom. The fourth-order valence-corrected chi connectivity index (χ4v) is 5.03. The van der Waals surface area contributed by atoms with E-state index in [1.54, 1.807) is 0 Å². The van der Waals surface area contributed by atoms with E-state index in [4.69, 9.17) is 4.74 Å². The summed E-state index contributed by atoms with van der Waals surface area (Å²) in [6, 6.07) is 14.1. The van der Waals surface area contributed by atoms with Gasteiger partial charge < -0.3 is 9.64 Å². The SMILES string of the molecule is O=C(c1ccc(OC2CCN(Cc3ccc4nsnc4c3)CC2)cc1)N1CCCCC1. The molecule has 2 aliphatic heterocycles. The molecule has 0 N–H and O–H groups in total. The highest BCUT2D eigenvalue weighted by molar-refractivity contribution is 7.00. The molecule has 7 heteroatoms. The molecule has 31 heavy (non-hydrogen) atoms. The highest BCUT2D eigenvalue weighted by Gasteiger charge is 2.22. The third-order valence-corrected chi connectivity index (χ3v) is 6.86. The van der Waals surface area contributed by atoms with Crippen molar-refractivity contribution >= 4 is 28.7 Å². The number of fused-ring (bicyclic) bond motifs is 1. The minimum Gasteiger partial charge on any atom is -0.490 e. The number of likely N-dealkylation sites (tertiary alicyclic amines) is 2. The van der Waals surface area contributed by atoms with Gasteiger partial charge in [-0.25, -0.2) is 0 Å². The molecule has 2 fully saturated rings. The molecule has 3 heterocycles. The summed E-state index contributed by atoms with van der Waals surface area (Å²) in [7, 11) is 0. The van der Waals surface area contributed by atoms with Crippen molar-refractivity contribution in [1.29, 1.82) is 0 Å². The number of nitrogens with zero attached hydrogens (tertiary/aromatic N) is 4. The van der Waals surface area contributed by atoms with Gasteiger partial charge in [0.15, 0.2) is 0 Å². The van der Waals surface area contributed by atoms with Gasteiger partial charge in [0.25, 0.3) is 5.91 Å². The minimum atomic E-state index is 0.145. The van der Waals surface area contributed by atoms with Gasteiger partial charge in [-0.15, -0.1) is 0 Å². The zero-order chi connectivity index (χ0) is 21.0. The van der Waals surface area contributed by atoms with Gasteiger partial charge in [0.2, 0.25) is 0 Å². The first-order valence-corrected chi connectivity index (χ1v) is 12.0. The molecule has 5 rings (SSSR count). The molecule has 0 saturated carbocycles. The van der Waals surface area contributed by atoms with Gasteiger partial charge in [0.05, 0.1) is 11.7 Å². The van der Waals surface area contributed by atoms with Crippen LogP contribution in [0.2, 0.25) is 0 Å². The van der Waals surface area contributed by atoms with Crippen LogP contribution >= 0.6 is 11.7 Å². The monoisotopic (exact) mass is 436 g/mol. The molecule has 0 bridgehead atoms. The van der Waals surface area contributed by atoms with Crippen LogP contribution in [0.4, 0.5) is 0 Å². The summed E-state index contributed by atoms with van der Waals surface area (Å²) in [5.41, 5.74) is 4.01. The van der Waals surface area contributed by atoms with Crippen LogP contribution in [0.5, 0.6) is 5.75 Å². The number of rotatable bonds is 5. The van der Waals surface area contributed by atoms with E-state index in [1.165, 1.54) is 23.7 Å². The Balaban J connectivity index is 1.11. The first-order chi connectivity index (χ1) is 15.2. The van der Waals surface area contributed by atoms with Gasteiger partial charge in [-0.3, -0.25) is 9.69 Å². The molecule has 1 amide bonds. The Kier molecular flexibility index (Phi) is 6.13. The van der Waals surface area contributed by atoms with E-state index >= 15 is 0 Å². The van der Waals surface area contributed by atoms with Crippen LogP contribution < -0.4 is 4.74 Å². The van der Waals surface area contributed by atoms with E-state index in [9.17, 15) is 4.79 Å². The van der Waals surface area contributed by atoms with Gasteiger partial charge in [-0.05, 0) is 74.1 Å². The lowest BCUT2D eigenvalue weighted by Gasteiger charge is -2.32. The molecular formula is C24H28N4O2S. The largest absolute Gasteiger partial charge is 0.490 e. The average Bonchev–Trinajstić information content (AvgIpc) is 3.29. The lowest BCUT2D eigenvalue weighted by molar-refractivity contribution is 0.0724. The van der Waals surface area contributed by atoms with E-state index in [2.05, 4.69) is 31.8 Å². The number of amides is 1. The number of ether oxygens (including phenoxy) is 1. The summed E-state index contributed by atoms with van der Waals surface area (Å²) in [6.45, 7) is 4.73. The summed E-state index contributed by atoms with van der Waals surface area (Å²) in [5, 5.41) is 0. The van der Waals surface area contributed by atoms with E-state index in [-0.39, 0.29) is 12.0 Å². The molecule has 0 radical (unpaired) electrons. The van der Waals surface area contributed by atoms with E-state index in [1.807, 2.05) is 29.2 Å². The van der Waals surface area contributed by atoms with Crippen LogP contribution in [0.15, 0.2) is 42.5 Å². The van der Waals surface area contributed by atoms with E-state index in [0.29, 0.717) is 0 Å². The number of aromatic nitrogens is 2. The summed E-state index contributed by atoms with van der Waals surface area (Å²) in [4.78, 5) is 17.1. The maximum atomic E-state index is 12.6. The van der Waals surface area contributed by atoms with Crippen molar-refractivity contribution in [2.24, 2.45) is 0 Å². The van der Waals surface area contributed by atoms with Crippen molar-refractivity contribution in [2.45, 2.75) is 44.8 Å². The highest BCUT2D eigenvalue weighted by Crippen LogP contribution is 2.22. The van der Waals surface area contributed by atoms with Crippen LogP contribution in [0, 0.1) is 0 Å². The summed E-state index contributed by atoms with van der Waals surface area (Å²) < 4.78 is 14.8. The number of piperidine rings is 2. The second-order valence-corrected chi connectivity index (χ2v) is 9.09. The number of benzene rings is 2. The summed E-state index contributed by atoms with van der Waals surface area (Å²) in [6.07, 6.45) is 5.70. The van der Waals surface area contributed by atoms with Gasteiger partial charge in [-0.2, -0.15) is 8.75 Å². The number of carbonyl (C=O) groups is 1. The Labute approximate surface area is 187 Å². The maximum absolute atomic E-state index is 12.6. The number of hydrogen-bond acceptors (Lipinski definition) is 6. The molecule has 2 saturated heterocycles. The third kappa shape index (κ3) is 4.88. The molecule has 6 nitrogen and oxygen atoms in total. The summed E-state index contributed by atoms with van der Waals surface area (Å²) in [5.74, 6) is 1.00. The third-order valence-electron chi connectivity index (χ3n) is 6.31. The van der Waals surface area contributed by atoms with Crippen LogP contribution in [0.25, 0.3) is 11.0 Å². The normalized spacial score (nSPS) is 18.4. The van der Waals surface area contributed by atoms with Crippen LogP contribution in [0.1, 0.15) is 48.0 Å². The second kappa shape index (κ2) is 9.32. The average molecular weight is 437 g/mol. The van der Waals surface area contributed by atoms with Crippen LogP contribution in [-0.4, -0.2) is 56.7 Å². The van der Waals surface area contributed by atoms with Gasteiger partial charge in [0, 0.05) is 38.3 Å². The molecular weight excluding hydrogens is 408 g/mol. The fourth-order valence-electron chi connectivity index (χ4n) is 4.52. The Bertz CT molecular complexity index is 1020. The quantitative estimate of drug-likeness (QED) is 0.595. The van der Waals surface area contributed by atoms with E-state index in [0.717, 1.165) is 80.8 Å². The first-order valence-electron chi connectivity index (χ1n) is 11.2. The lowest BCUT2D eigenvalue weighted by Crippen LogP contribution is -2.37. The molecule has 1 aromatic heterocycles. The smallest absolute Gasteiger partial charge is 0.253 e.